The smallest absolute Gasteiger partial charge is 0.271 e. The zero-order valence-corrected chi connectivity index (χ0v) is 14.6. The van der Waals surface area contributed by atoms with E-state index in [2.05, 4.69) is 10.5 Å². The lowest BCUT2D eigenvalue weighted by molar-refractivity contribution is -0.921. The number of nitrogens with zero attached hydrogens (tertiary/aromatic N) is 1. The van der Waals surface area contributed by atoms with Gasteiger partial charge >= 0.3 is 0 Å². The predicted molar refractivity (Wildman–Crippen MR) is 95.7 cm³/mol. The number of morpholine rings is 1. The van der Waals surface area contributed by atoms with Crippen molar-refractivity contribution in [2.75, 3.05) is 26.3 Å². The Morgan fingerprint density at radius 2 is 2.00 bits per heavy atom. The van der Waals surface area contributed by atoms with E-state index in [1.54, 1.807) is 11.3 Å². The molecule has 0 unspecified atom stereocenters. The summed E-state index contributed by atoms with van der Waals surface area (Å²) in [5, 5.41) is 6.16. The number of nitrogens with one attached hydrogen (secondary N) is 2. The van der Waals surface area contributed by atoms with E-state index in [1.165, 1.54) is 10.5 Å². The Bertz CT molecular complexity index is 690. The molecule has 0 atom stereocenters. The summed E-state index contributed by atoms with van der Waals surface area (Å²) < 4.78 is 5.38. The highest BCUT2D eigenvalue weighted by molar-refractivity contribution is 7.12. The molecular weight excluding hydrogens is 322 g/mol. The van der Waals surface area contributed by atoms with Gasteiger partial charge in [-0.2, -0.15) is 5.10 Å². The monoisotopic (exact) mass is 344 g/mol. The minimum Gasteiger partial charge on any atom is -0.370 e. The minimum absolute atomic E-state index is 0.184. The van der Waals surface area contributed by atoms with E-state index in [4.69, 9.17) is 4.74 Å². The first kappa shape index (κ1) is 16.8. The van der Waals surface area contributed by atoms with Gasteiger partial charge in [-0.1, -0.05) is 18.2 Å². The molecule has 2 N–H and O–H groups in total. The quantitative estimate of drug-likeness (QED) is 0.635. The summed E-state index contributed by atoms with van der Waals surface area (Å²) in [5.74, 6) is -0.184. The molecule has 0 spiro atoms. The van der Waals surface area contributed by atoms with E-state index in [0.29, 0.717) is 5.56 Å². The average Bonchev–Trinajstić information content (AvgIpc) is 3.16. The van der Waals surface area contributed by atoms with Crippen LogP contribution >= 0.6 is 11.3 Å². The Balaban J connectivity index is 1.56. The van der Waals surface area contributed by atoms with Crippen LogP contribution in [-0.2, 0) is 11.3 Å². The fourth-order valence-corrected chi connectivity index (χ4v) is 3.32. The van der Waals surface area contributed by atoms with Crippen LogP contribution in [0.2, 0.25) is 0 Å². The third-order valence-corrected chi connectivity index (χ3v) is 5.05. The molecule has 1 aromatic carbocycles. The molecular formula is C18H22N3O2S+. The average molecular weight is 344 g/mol. The summed E-state index contributed by atoms with van der Waals surface area (Å²) in [5.41, 5.74) is 5.29. The Morgan fingerprint density at radius 1 is 1.25 bits per heavy atom. The number of ether oxygens (including phenoxy) is 1. The third-order valence-electron chi connectivity index (χ3n) is 4.07. The predicted octanol–water partition coefficient (Wildman–Crippen LogP) is 1.32. The second kappa shape index (κ2) is 8.19. The van der Waals surface area contributed by atoms with Crippen molar-refractivity contribution in [1.82, 2.24) is 5.43 Å². The van der Waals surface area contributed by atoms with Crippen LogP contribution in [0.3, 0.4) is 0 Å². The summed E-state index contributed by atoms with van der Waals surface area (Å²) in [6.45, 7) is 6.61. The van der Waals surface area contributed by atoms with Gasteiger partial charge in [0.25, 0.3) is 5.91 Å². The van der Waals surface area contributed by atoms with Gasteiger partial charge in [-0.3, -0.25) is 4.79 Å². The first-order valence-electron chi connectivity index (χ1n) is 8.11. The highest BCUT2D eigenvalue weighted by Crippen LogP contribution is 2.09. The topological polar surface area (TPSA) is 55.1 Å². The first-order valence-corrected chi connectivity index (χ1v) is 8.99. The van der Waals surface area contributed by atoms with Gasteiger partial charge in [0.2, 0.25) is 0 Å². The maximum absolute atomic E-state index is 12.2. The standard InChI is InChI=1S/C18H21N3O2S/c1-14(17-3-2-12-24-17)19-20-18(22)16-6-4-15(5-7-16)13-21-8-10-23-11-9-21/h2-7,12H,8-11,13H2,1H3,(H,20,22)/p+1/b19-14+. The van der Waals surface area contributed by atoms with Crippen molar-refractivity contribution in [2.24, 2.45) is 5.10 Å². The number of hydrazone groups is 1. The third kappa shape index (κ3) is 4.50. The van der Waals surface area contributed by atoms with Gasteiger partial charge in [-0.05, 0) is 30.5 Å². The lowest BCUT2D eigenvalue weighted by Crippen LogP contribution is -3.12. The molecule has 0 aliphatic carbocycles. The summed E-state index contributed by atoms with van der Waals surface area (Å²) in [6.07, 6.45) is 0. The van der Waals surface area contributed by atoms with Gasteiger partial charge < -0.3 is 9.64 Å². The molecule has 2 heterocycles. The van der Waals surface area contributed by atoms with Crippen molar-refractivity contribution in [2.45, 2.75) is 13.5 Å². The highest BCUT2D eigenvalue weighted by Gasteiger charge is 2.14. The van der Waals surface area contributed by atoms with Gasteiger partial charge in [0.15, 0.2) is 0 Å². The zero-order valence-electron chi connectivity index (χ0n) is 13.7. The summed E-state index contributed by atoms with van der Waals surface area (Å²) in [6, 6.07) is 11.7. The first-order chi connectivity index (χ1) is 11.7. The molecule has 0 saturated carbocycles. The van der Waals surface area contributed by atoms with E-state index < -0.39 is 0 Å². The number of quaternary nitrogens is 1. The van der Waals surface area contributed by atoms with Crippen LogP contribution in [0.25, 0.3) is 0 Å². The molecule has 24 heavy (non-hydrogen) atoms. The van der Waals surface area contributed by atoms with Gasteiger partial charge in [0.1, 0.15) is 19.6 Å². The van der Waals surface area contributed by atoms with E-state index in [9.17, 15) is 4.79 Å². The maximum Gasteiger partial charge on any atom is 0.271 e. The molecule has 2 aromatic rings. The summed E-state index contributed by atoms with van der Waals surface area (Å²) >= 11 is 1.60. The van der Waals surface area contributed by atoms with Crippen LogP contribution in [0.1, 0.15) is 27.7 Å². The van der Waals surface area contributed by atoms with Gasteiger partial charge in [-0.25, -0.2) is 5.43 Å². The van der Waals surface area contributed by atoms with E-state index >= 15 is 0 Å². The van der Waals surface area contributed by atoms with Crippen molar-refractivity contribution in [1.29, 1.82) is 0 Å². The summed E-state index contributed by atoms with van der Waals surface area (Å²) in [4.78, 5) is 14.8. The Hall–Kier alpha value is -2.02. The molecule has 126 valence electrons. The number of rotatable bonds is 5. The summed E-state index contributed by atoms with van der Waals surface area (Å²) in [7, 11) is 0. The molecule has 0 radical (unpaired) electrons. The van der Waals surface area contributed by atoms with Crippen LogP contribution < -0.4 is 10.3 Å². The molecule has 1 aliphatic rings. The highest BCUT2D eigenvalue weighted by atomic mass is 32.1. The van der Waals surface area contributed by atoms with Crippen LogP contribution in [0.15, 0.2) is 46.9 Å². The van der Waals surface area contributed by atoms with Crippen molar-refractivity contribution < 1.29 is 14.4 Å². The number of hydrogen-bond acceptors (Lipinski definition) is 4. The van der Waals surface area contributed by atoms with Crippen molar-refractivity contribution in [3.05, 3.63) is 57.8 Å². The molecule has 6 heteroatoms. The Labute approximate surface area is 145 Å². The lowest BCUT2D eigenvalue weighted by Gasteiger charge is -2.23. The number of carbonyl (C=O) groups is 1. The van der Waals surface area contributed by atoms with Crippen LogP contribution in [-0.4, -0.2) is 37.9 Å². The lowest BCUT2D eigenvalue weighted by atomic mass is 10.1. The molecule has 5 nitrogen and oxygen atoms in total. The second-order valence-corrected chi connectivity index (χ2v) is 6.80. The van der Waals surface area contributed by atoms with Crippen LogP contribution in [0, 0.1) is 0 Å². The van der Waals surface area contributed by atoms with Gasteiger partial charge in [-0.15, -0.1) is 11.3 Å². The number of amides is 1. The van der Waals surface area contributed by atoms with Crippen molar-refractivity contribution in [3.8, 4) is 0 Å². The molecule has 1 amide bonds. The number of hydrogen-bond donors (Lipinski definition) is 2. The number of benzene rings is 1. The SMILES string of the molecule is C/C(=N\NC(=O)c1ccc(C[NH+]2CCOCC2)cc1)c1cccs1. The van der Waals surface area contributed by atoms with Gasteiger partial charge in [0, 0.05) is 16.0 Å². The molecule has 1 aliphatic heterocycles. The molecule has 0 bridgehead atoms. The van der Waals surface area contributed by atoms with E-state index in [1.807, 2.05) is 48.7 Å². The second-order valence-electron chi connectivity index (χ2n) is 5.85. The zero-order chi connectivity index (χ0) is 16.8. The largest absolute Gasteiger partial charge is 0.370 e. The van der Waals surface area contributed by atoms with E-state index in [-0.39, 0.29) is 5.91 Å². The van der Waals surface area contributed by atoms with Gasteiger partial charge in [0.05, 0.1) is 18.9 Å². The normalized spacial score (nSPS) is 16.1. The Morgan fingerprint density at radius 3 is 2.67 bits per heavy atom. The van der Waals surface area contributed by atoms with Crippen molar-refractivity contribution in [3.63, 3.8) is 0 Å². The minimum atomic E-state index is -0.184. The fourth-order valence-electron chi connectivity index (χ4n) is 2.64. The molecule has 3 rings (SSSR count). The van der Waals surface area contributed by atoms with Crippen LogP contribution in [0.5, 0.6) is 0 Å². The van der Waals surface area contributed by atoms with Crippen LogP contribution in [0.4, 0.5) is 0 Å². The fraction of sp³-hybridized carbons (Fsp3) is 0.333. The number of carbonyl (C=O) groups excluding carboxylic acids is 1. The van der Waals surface area contributed by atoms with Crippen molar-refractivity contribution >= 4 is 23.0 Å². The number of thiophene rings is 1. The molecule has 1 saturated heterocycles. The maximum atomic E-state index is 12.2. The Kier molecular flexibility index (Phi) is 5.74. The molecule has 1 fully saturated rings. The van der Waals surface area contributed by atoms with E-state index in [0.717, 1.165) is 43.4 Å². The molecule has 1 aromatic heterocycles.